The molecule has 0 aromatic carbocycles. The summed E-state index contributed by atoms with van der Waals surface area (Å²) in [4.78, 5) is 10.1. The van der Waals surface area contributed by atoms with E-state index in [0.717, 1.165) is 0 Å². The summed E-state index contributed by atoms with van der Waals surface area (Å²) in [5.74, 6) is -1.22. The van der Waals surface area contributed by atoms with Gasteiger partial charge in [-0.05, 0) is 12.8 Å². The maximum Gasteiger partial charge on any atom is 0.303 e. The maximum atomic E-state index is 11.6. The van der Waals surface area contributed by atoms with E-state index in [4.69, 9.17) is 5.11 Å². The second-order valence-electron chi connectivity index (χ2n) is 2.75. The van der Waals surface area contributed by atoms with E-state index in [1.54, 1.807) is 0 Å². The number of aliphatic carboxylic acids is 1. The number of halogens is 1. The van der Waals surface area contributed by atoms with Crippen molar-refractivity contribution in [3.63, 3.8) is 0 Å². The van der Waals surface area contributed by atoms with Gasteiger partial charge in [0.25, 0.3) is 0 Å². The molecule has 0 aliphatic heterocycles. The summed E-state index contributed by atoms with van der Waals surface area (Å²) < 4.78 is 35.9. The predicted molar refractivity (Wildman–Crippen MR) is 49.3 cm³/mol. The van der Waals surface area contributed by atoms with Crippen LogP contribution in [-0.4, -0.2) is 38.5 Å². The summed E-state index contributed by atoms with van der Waals surface area (Å²) in [6, 6.07) is 0. The Balaban J connectivity index is 3.61. The average Bonchev–Trinajstić information content (AvgIpc) is 2.09. The maximum absolute atomic E-state index is 11.6. The van der Waals surface area contributed by atoms with Crippen LogP contribution in [0.25, 0.3) is 0 Å². The van der Waals surface area contributed by atoms with Gasteiger partial charge in [-0.3, -0.25) is 9.18 Å². The van der Waals surface area contributed by atoms with E-state index in [9.17, 15) is 17.6 Å². The third kappa shape index (κ3) is 7.93. The van der Waals surface area contributed by atoms with E-state index >= 15 is 0 Å². The summed E-state index contributed by atoms with van der Waals surface area (Å²) in [7, 11) is -3.42. The Kier molecular flexibility index (Phi) is 6.39. The second-order valence-corrected chi connectivity index (χ2v) is 4.68. The molecular weight excluding hydrogens is 213 g/mol. The molecule has 84 valence electrons. The van der Waals surface area contributed by atoms with Crippen LogP contribution in [0.3, 0.4) is 0 Å². The molecule has 7 heteroatoms. The van der Waals surface area contributed by atoms with Gasteiger partial charge in [0.05, 0.1) is 12.4 Å². The summed E-state index contributed by atoms with van der Waals surface area (Å²) in [5.41, 5.74) is 0. The number of alkyl halides is 1. The zero-order valence-corrected chi connectivity index (χ0v) is 8.52. The normalized spacial score (nSPS) is 11.5. The van der Waals surface area contributed by atoms with Gasteiger partial charge in [0.1, 0.15) is 0 Å². The number of nitrogens with one attached hydrogen (secondary N) is 1. The Bertz CT molecular complexity index is 265. The molecule has 0 aliphatic rings. The van der Waals surface area contributed by atoms with Gasteiger partial charge in [0, 0.05) is 13.0 Å². The first-order chi connectivity index (χ1) is 6.48. The van der Waals surface area contributed by atoms with Crippen LogP contribution in [0.15, 0.2) is 0 Å². The van der Waals surface area contributed by atoms with Crippen LogP contribution in [-0.2, 0) is 14.8 Å². The van der Waals surface area contributed by atoms with Gasteiger partial charge < -0.3 is 5.11 Å². The van der Waals surface area contributed by atoms with Gasteiger partial charge >= 0.3 is 5.97 Å². The highest BCUT2D eigenvalue weighted by Crippen LogP contribution is 1.92. The molecule has 0 aliphatic carbocycles. The van der Waals surface area contributed by atoms with Crippen LogP contribution in [0.1, 0.15) is 19.3 Å². The Morgan fingerprint density at radius 3 is 2.50 bits per heavy atom. The van der Waals surface area contributed by atoms with Crippen molar-refractivity contribution >= 4 is 16.0 Å². The van der Waals surface area contributed by atoms with Crippen molar-refractivity contribution in [1.29, 1.82) is 0 Å². The summed E-state index contributed by atoms with van der Waals surface area (Å²) in [5, 5.41) is 8.26. The Labute approximate surface area is 82.4 Å². The van der Waals surface area contributed by atoms with Crippen molar-refractivity contribution in [3.05, 3.63) is 0 Å². The zero-order valence-electron chi connectivity index (χ0n) is 7.70. The summed E-state index contributed by atoms with van der Waals surface area (Å²) in [6.07, 6.45) is 0.129. The first-order valence-corrected chi connectivity index (χ1v) is 5.88. The SMILES string of the molecule is O=C(O)CCCNS(=O)(=O)CCCF. The van der Waals surface area contributed by atoms with Crippen molar-refractivity contribution in [2.75, 3.05) is 19.0 Å². The molecule has 0 amide bonds. The lowest BCUT2D eigenvalue weighted by Gasteiger charge is -2.03. The highest BCUT2D eigenvalue weighted by Gasteiger charge is 2.08. The fourth-order valence-corrected chi connectivity index (χ4v) is 1.87. The van der Waals surface area contributed by atoms with Crippen molar-refractivity contribution in [2.45, 2.75) is 19.3 Å². The summed E-state index contributed by atoms with van der Waals surface area (Å²) in [6.45, 7) is -0.586. The van der Waals surface area contributed by atoms with Crippen molar-refractivity contribution < 1.29 is 22.7 Å². The van der Waals surface area contributed by atoms with E-state index in [2.05, 4.69) is 4.72 Å². The number of hydrogen-bond donors (Lipinski definition) is 2. The molecule has 0 heterocycles. The molecular formula is C7H14FNO4S. The van der Waals surface area contributed by atoms with Gasteiger partial charge in [0.2, 0.25) is 10.0 Å². The third-order valence-corrected chi connectivity index (χ3v) is 2.91. The molecule has 0 aromatic heterocycles. The molecule has 0 rings (SSSR count). The molecule has 0 bridgehead atoms. The first-order valence-electron chi connectivity index (χ1n) is 4.23. The highest BCUT2D eigenvalue weighted by molar-refractivity contribution is 7.89. The van der Waals surface area contributed by atoms with Gasteiger partial charge in [-0.2, -0.15) is 0 Å². The largest absolute Gasteiger partial charge is 0.481 e. The predicted octanol–water partition coefficient (Wildman–Crippen LogP) is 0.130. The minimum atomic E-state index is -3.42. The van der Waals surface area contributed by atoms with E-state index in [-0.39, 0.29) is 31.6 Å². The number of sulfonamides is 1. The van der Waals surface area contributed by atoms with Crippen LogP contribution in [0.2, 0.25) is 0 Å². The van der Waals surface area contributed by atoms with E-state index in [1.807, 2.05) is 0 Å². The van der Waals surface area contributed by atoms with E-state index in [1.165, 1.54) is 0 Å². The molecule has 0 saturated heterocycles. The average molecular weight is 227 g/mol. The molecule has 5 nitrogen and oxygen atoms in total. The molecule has 0 radical (unpaired) electrons. The highest BCUT2D eigenvalue weighted by atomic mass is 32.2. The van der Waals surface area contributed by atoms with Crippen LogP contribution >= 0.6 is 0 Å². The fraction of sp³-hybridized carbons (Fsp3) is 0.857. The lowest BCUT2D eigenvalue weighted by atomic mass is 10.3. The lowest BCUT2D eigenvalue weighted by molar-refractivity contribution is -0.137. The Hall–Kier alpha value is -0.690. The lowest BCUT2D eigenvalue weighted by Crippen LogP contribution is -2.27. The number of carbonyl (C=O) groups is 1. The van der Waals surface area contributed by atoms with Crippen LogP contribution < -0.4 is 4.72 Å². The minimum absolute atomic E-state index is 0.0335. The number of carboxylic acids is 1. The van der Waals surface area contributed by atoms with Gasteiger partial charge in [0.15, 0.2) is 0 Å². The van der Waals surface area contributed by atoms with Crippen molar-refractivity contribution in [1.82, 2.24) is 4.72 Å². The molecule has 14 heavy (non-hydrogen) atoms. The quantitative estimate of drug-likeness (QED) is 0.577. The van der Waals surface area contributed by atoms with Gasteiger partial charge in [-0.25, -0.2) is 13.1 Å². The third-order valence-electron chi connectivity index (χ3n) is 1.44. The second kappa shape index (κ2) is 6.72. The Morgan fingerprint density at radius 2 is 2.00 bits per heavy atom. The van der Waals surface area contributed by atoms with E-state index in [0.29, 0.717) is 0 Å². The smallest absolute Gasteiger partial charge is 0.303 e. The van der Waals surface area contributed by atoms with Crippen LogP contribution in [0.4, 0.5) is 4.39 Å². The minimum Gasteiger partial charge on any atom is -0.481 e. The summed E-state index contributed by atoms with van der Waals surface area (Å²) >= 11 is 0. The van der Waals surface area contributed by atoms with Crippen molar-refractivity contribution in [3.8, 4) is 0 Å². The number of rotatable bonds is 8. The molecule has 0 unspecified atom stereocenters. The molecule has 2 N–H and O–H groups in total. The van der Waals surface area contributed by atoms with Gasteiger partial charge in [-0.15, -0.1) is 0 Å². The topological polar surface area (TPSA) is 83.5 Å². The molecule has 0 spiro atoms. The van der Waals surface area contributed by atoms with Crippen LogP contribution in [0, 0.1) is 0 Å². The zero-order chi connectivity index (χ0) is 11.0. The number of carboxylic acid groups (broad SMARTS) is 1. The van der Waals surface area contributed by atoms with E-state index < -0.39 is 22.7 Å². The van der Waals surface area contributed by atoms with Gasteiger partial charge in [-0.1, -0.05) is 0 Å². The first kappa shape index (κ1) is 13.3. The molecule has 0 atom stereocenters. The van der Waals surface area contributed by atoms with Crippen LogP contribution in [0.5, 0.6) is 0 Å². The fourth-order valence-electron chi connectivity index (χ4n) is 0.784. The monoisotopic (exact) mass is 227 g/mol. The standard InChI is InChI=1S/C7H14FNO4S/c8-4-2-6-14(12,13)9-5-1-3-7(10)11/h9H,1-6H2,(H,10,11). The van der Waals surface area contributed by atoms with Crippen molar-refractivity contribution in [2.24, 2.45) is 0 Å². The Morgan fingerprint density at radius 1 is 1.36 bits per heavy atom. The number of hydrogen-bond acceptors (Lipinski definition) is 3. The molecule has 0 aromatic rings. The molecule has 0 fully saturated rings. The molecule has 0 saturated carbocycles.